The van der Waals surface area contributed by atoms with Crippen molar-refractivity contribution in [2.45, 2.75) is 19.9 Å². The van der Waals surface area contributed by atoms with E-state index in [0.29, 0.717) is 0 Å². The van der Waals surface area contributed by atoms with Gasteiger partial charge in [0.15, 0.2) is 5.75 Å². The van der Waals surface area contributed by atoms with Gasteiger partial charge in [-0.25, -0.2) is 8.42 Å². The highest BCUT2D eigenvalue weighted by atomic mass is 32.2. The molecule has 1 saturated heterocycles. The fourth-order valence-corrected chi connectivity index (χ4v) is 3.70. The predicted molar refractivity (Wildman–Crippen MR) is 68.5 cm³/mol. The van der Waals surface area contributed by atoms with Crippen LogP contribution in [0.2, 0.25) is 0 Å². The molecule has 2 atom stereocenters. The number of carbonyl (C=O) groups excluding carboxylic acids is 1. The topological polar surface area (TPSA) is 110 Å². The third kappa shape index (κ3) is 3.90. The summed E-state index contributed by atoms with van der Waals surface area (Å²) in [5.41, 5.74) is 0. The molecule has 116 valence electrons. The average molecular weight is 309 g/mol. The lowest BCUT2D eigenvalue weighted by molar-refractivity contribution is -0.142. The smallest absolute Gasteiger partial charge is 0.322 e. The van der Waals surface area contributed by atoms with Crippen LogP contribution in [0.15, 0.2) is 0 Å². The molecule has 0 spiro atoms. The summed E-state index contributed by atoms with van der Waals surface area (Å²) in [6.45, 7) is 3.29. The van der Waals surface area contributed by atoms with Gasteiger partial charge in [-0.2, -0.15) is 4.31 Å². The number of likely N-dealkylation sites (N-methyl/N-ethyl adjacent to an activating group) is 1. The molecule has 0 radical (unpaired) electrons. The zero-order valence-electron chi connectivity index (χ0n) is 11.4. The Labute approximate surface area is 117 Å². The molecule has 1 rings (SSSR count). The van der Waals surface area contributed by atoms with Crippen LogP contribution in [0.1, 0.15) is 13.8 Å². The minimum atomic E-state index is -3.93. The van der Waals surface area contributed by atoms with E-state index in [1.165, 1.54) is 0 Å². The van der Waals surface area contributed by atoms with E-state index in [0.717, 1.165) is 4.31 Å². The summed E-state index contributed by atoms with van der Waals surface area (Å²) >= 11 is 0. The van der Waals surface area contributed by atoms with Crippen LogP contribution in [0.4, 0.5) is 0 Å². The lowest BCUT2D eigenvalue weighted by Gasteiger charge is -2.27. The number of carbonyl (C=O) groups is 2. The van der Waals surface area contributed by atoms with E-state index < -0.39 is 39.7 Å². The van der Waals surface area contributed by atoms with Gasteiger partial charge in [0.25, 0.3) is 0 Å². The first-order valence-electron chi connectivity index (χ1n) is 6.29. The van der Waals surface area contributed by atoms with Gasteiger partial charge in [-0.15, -0.1) is 0 Å². The fourth-order valence-electron chi connectivity index (χ4n) is 2.13. The van der Waals surface area contributed by atoms with Crippen molar-refractivity contribution in [3.63, 3.8) is 0 Å². The van der Waals surface area contributed by atoms with Crippen molar-refractivity contribution in [2.75, 3.05) is 32.1 Å². The molecule has 0 aromatic heterocycles. The van der Waals surface area contributed by atoms with Crippen LogP contribution in [-0.4, -0.2) is 67.9 Å². The number of hydrogen-bond acceptors (Lipinski definition) is 6. The van der Waals surface area contributed by atoms with E-state index in [1.54, 1.807) is 13.8 Å². The van der Waals surface area contributed by atoms with E-state index in [-0.39, 0.29) is 26.4 Å². The zero-order chi connectivity index (χ0) is 15.3. The monoisotopic (exact) mass is 309 g/mol. The number of ether oxygens (including phenoxy) is 2. The minimum absolute atomic E-state index is 0.00681. The molecule has 1 heterocycles. The summed E-state index contributed by atoms with van der Waals surface area (Å²) in [5, 5.41) is 9.07. The molecule has 1 aliphatic rings. The van der Waals surface area contributed by atoms with Crippen molar-refractivity contribution in [1.82, 2.24) is 4.31 Å². The highest BCUT2D eigenvalue weighted by Crippen LogP contribution is 2.22. The second-order valence-electron chi connectivity index (χ2n) is 4.31. The first-order chi connectivity index (χ1) is 9.33. The number of sulfonamides is 1. The fraction of sp³-hybridized carbons (Fsp3) is 0.818. The van der Waals surface area contributed by atoms with E-state index in [1.807, 2.05) is 0 Å². The second kappa shape index (κ2) is 7.00. The molecule has 0 aliphatic carbocycles. The summed E-state index contributed by atoms with van der Waals surface area (Å²) in [4.78, 5) is 22.4. The maximum atomic E-state index is 12.2. The maximum absolute atomic E-state index is 12.2. The molecule has 1 aliphatic heterocycles. The number of rotatable bonds is 7. The number of carboxylic acids is 1. The standard InChI is InChI=1S/C11H19NO7S/c1-3-12(9-6-18-5-8(9)11(14)15)20(16,17)7-10(13)19-4-2/h8-9H,3-7H2,1-2H3,(H,14,15). The summed E-state index contributed by atoms with van der Waals surface area (Å²) in [7, 11) is -3.93. The van der Waals surface area contributed by atoms with E-state index in [9.17, 15) is 18.0 Å². The Morgan fingerprint density at radius 1 is 1.35 bits per heavy atom. The van der Waals surface area contributed by atoms with Crippen molar-refractivity contribution < 1.29 is 32.6 Å². The van der Waals surface area contributed by atoms with Crippen LogP contribution < -0.4 is 0 Å². The molecule has 0 aromatic rings. The summed E-state index contributed by atoms with van der Waals surface area (Å²) in [6.07, 6.45) is 0. The van der Waals surface area contributed by atoms with E-state index in [4.69, 9.17) is 9.84 Å². The normalized spacial score (nSPS) is 22.9. The Bertz CT molecular complexity index is 461. The molecule has 1 N–H and O–H groups in total. The van der Waals surface area contributed by atoms with Crippen LogP contribution in [-0.2, 0) is 29.1 Å². The molecule has 1 fully saturated rings. The molecule has 2 unspecified atom stereocenters. The molecular formula is C11H19NO7S. The van der Waals surface area contributed by atoms with Gasteiger partial charge >= 0.3 is 11.9 Å². The van der Waals surface area contributed by atoms with Crippen LogP contribution >= 0.6 is 0 Å². The average Bonchev–Trinajstić information content (AvgIpc) is 2.77. The van der Waals surface area contributed by atoms with E-state index >= 15 is 0 Å². The molecule has 0 saturated carbocycles. The molecule has 0 bridgehead atoms. The number of esters is 1. The van der Waals surface area contributed by atoms with Crippen molar-refractivity contribution >= 4 is 22.0 Å². The van der Waals surface area contributed by atoms with Gasteiger partial charge in [-0.05, 0) is 6.92 Å². The van der Waals surface area contributed by atoms with Gasteiger partial charge in [-0.3, -0.25) is 9.59 Å². The molecule has 20 heavy (non-hydrogen) atoms. The maximum Gasteiger partial charge on any atom is 0.322 e. The molecule has 0 amide bonds. The van der Waals surface area contributed by atoms with Crippen molar-refractivity contribution in [1.29, 1.82) is 0 Å². The Kier molecular flexibility index (Phi) is 5.90. The quantitative estimate of drug-likeness (QED) is 0.619. The third-order valence-corrected chi connectivity index (χ3v) is 4.86. The lowest BCUT2D eigenvalue weighted by Crippen LogP contribution is -2.48. The highest BCUT2D eigenvalue weighted by molar-refractivity contribution is 7.89. The Balaban J connectivity index is 2.88. The lowest BCUT2D eigenvalue weighted by atomic mass is 10.0. The Morgan fingerprint density at radius 3 is 2.50 bits per heavy atom. The summed E-state index contributed by atoms with van der Waals surface area (Å²) < 4.78 is 35.0. The minimum Gasteiger partial charge on any atom is -0.481 e. The third-order valence-electron chi connectivity index (χ3n) is 3.01. The van der Waals surface area contributed by atoms with Crippen LogP contribution in [0, 0.1) is 5.92 Å². The second-order valence-corrected chi connectivity index (χ2v) is 6.24. The summed E-state index contributed by atoms with van der Waals surface area (Å²) in [5.74, 6) is -3.68. The van der Waals surface area contributed by atoms with Crippen LogP contribution in [0.5, 0.6) is 0 Å². The molecule has 8 nitrogen and oxygen atoms in total. The van der Waals surface area contributed by atoms with Gasteiger partial charge in [0.2, 0.25) is 10.0 Å². The molecule has 0 aromatic carbocycles. The first kappa shape index (κ1) is 16.9. The van der Waals surface area contributed by atoms with E-state index in [2.05, 4.69) is 4.74 Å². The molecule has 9 heteroatoms. The molecular weight excluding hydrogens is 290 g/mol. The van der Waals surface area contributed by atoms with Crippen molar-refractivity contribution in [3.05, 3.63) is 0 Å². The van der Waals surface area contributed by atoms with Crippen molar-refractivity contribution in [3.8, 4) is 0 Å². The van der Waals surface area contributed by atoms with Gasteiger partial charge in [-0.1, -0.05) is 6.92 Å². The number of hydrogen-bond donors (Lipinski definition) is 1. The highest BCUT2D eigenvalue weighted by Gasteiger charge is 2.42. The number of aliphatic carboxylic acids is 1. The van der Waals surface area contributed by atoms with Gasteiger partial charge in [0, 0.05) is 6.54 Å². The van der Waals surface area contributed by atoms with Crippen LogP contribution in [0.25, 0.3) is 0 Å². The SMILES string of the molecule is CCOC(=O)CS(=O)(=O)N(CC)C1COCC1C(=O)O. The Hall–Kier alpha value is -1.19. The van der Waals surface area contributed by atoms with Gasteiger partial charge < -0.3 is 14.6 Å². The number of nitrogens with zero attached hydrogens (tertiary/aromatic N) is 1. The Morgan fingerprint density at radius 2 is 2.00 bits per heavy atom. The first-order valence-corrected chi connectivity index (χ1v) is 7.90. The zero-order valence-corrected chi connectivity index (χ0v) is 12.3. The number of carboxylic acid groups (broad SMARTS) is 1. The summed E-state index contributed by atoms with van der Waals surface area (Å²) in [6, 6.07) is -0.795. The van der Waals surface area contributed by atoms with Gasteiger partial charge in [0.1, 0.15) is 0 Å². The van der Waals surface area contributed by atoms with Gasteiger partial charge in [0.05, 0.1) is 31.8 Å². The van der Waals surface area contributed by atoms with Crippen molar-refractivity contribution in [2.24, 2.45) is 5.92 Å². The van der Waals surface area contributed by atoms with Crippen LogP contribution in [0.3, 0.4) is 0 Å². The largest absolute Gasteiger partial charge is 0.481 e. The predicted octanol–water partition coefficient (Wildman–Crippen LogP) is -0.699.